The summed E-state index contributed by atoms with van der Waals surface area (Å²) in [5.41, 5.74) is 0.800. The van der Waals surface area contributed by atoms with E-state index in [1.165, 1.54) is 12.8 Å². The van der Waals surface area contributed by atoms with Gasteiger partial charge in [-0.2, -0.15) is 0 Å². The van der Waals surface area contributed by atoms with Gasteiger partial charge in [-0.25, -0.2) is 0 Å². The molecule has 20 heavy (non-hydrogen) atoms. The van der Waals surface area contributed by atoms with Gasteiger partial charge in [0.2, 0.25) is 0 Å². The summed E-state index contributed by atoms with van der Waals surface area (Å²) < 4.78 is 0. The number of hydrogen-bond acceptors (Lipinski definition) is 3. The van der Waals surface area contributed by atoms with E-state index >= 15 is 0 Å². The van der Waals surface area contributed by atoms with E-state index in [0.29, 0.717) is 22.6 Å². The molecule has 1 saturated heterocycles. The monoisotopic (exact) mass is 316 g/mol. The second-order valence-electron chi connectivity index (χ2n) is 5.42. The van der Waals surface area contributed by atoms with Crippen molar-refractivity contribution in [2.24, 2.45) is 0 Å². The molecule has 1 atom stereocenters. The summed E-state index contributed by atoms with van der Waals surface area (Å²) in [5.74, 6) is 0.150. The maximum absolute atomic E-state index is 10.1. The second-order valence-corrected chi connectivity index (χ2v) is 6.27. The predicted octanol–water partition coefficient (Wildman–Crippen LogP) is 3.66. The van der Waals surface area contributed by atoms with Gasteiger partial charge in [0.05, 0.1) is 5.02 Å². The summed E-state index contributed by atoms with van der Waals surface area (Å²) in [7, 11) is 0. The van der Waals surface area contributed by atoms with Crippen molar-refractivity contribution in [3.63, 3.8) is 0 Å². The molecule has 0 saturated carbocycles. The maximum Gasteiger partial charge on any atom is 0.138 e. The Morgan fingerprint density at radius 1 is 1.40 bits per heavy atom. The fourth-order valence-electron chi connectivity index (χ4n) is 2.76. The van der Waals surface area contributed by atoms with Crippen LogP contribution in [0, 0.1) is 0 Å². The zero-order chi connectivity index (χ0) is 14.5. The molecule has 2 N–H and O–H groups in total. The Balaban J connectivity index is 2.06. The van der Waals surface area contributed by atoms with Gasteiger partial charge in [0.1, 0.15) is 5.75 Å². The molecule has 0 aromatic heterocycles. The summed E-state index contributed by atoms with van der Waals surface area (Å²) in [6.07, 6.45) is 3.56. The molecular weight excluding hydrogens is 295 g/mol. The van der Waals surface area contributed by atoms with Gasteiger partial charge in [0.25, 0.3) is 0 Å². The molecular formula is C15H22Cl2N2O. The average Bonchev–Trinajstić information content (AvgIpc) is 2.88. The molecule has 1 heterocycles. The van der Waals surface area contributed by atoms with Crippen LogP contribution in [-0.2, 0) is 6.54 Å². The minimum absolute atomic E-state index is 0.150. The van der Waals surface area contributed by atoms with Gasteiger partial charge >= 0.3 is 0 Å². The summed E-state index contributed by atoms with van der Waals surface area (Å²) in [5, 5.41) is 14.5. The molecule has 1 aromatic rings. The zero-order valence-electron chi connectivity index (χ0n) is 11.8. The fraction of sp³-hybridized carbons (Fsp3) is 0.600. The van der Waals surface area contributed by atoms with Crippen LogP contribution in [0.4, 0.5) is 0 Å². The molecule has 0 radical (unpaired) electrons. The zero-order valence-corrected chi connectivity index (χ0v) is 13.3. The van der Waals surface area contributed by atoms with Crippen molar-refractivity contribution in [1.82, 2.24) is 10.2 Å². The highest BCUT2D eigenvalue weighted by Gasteiger charge is 2.19. The molecule has 0 aliphatic carbocycles. The quantitative estimate of drug-likeness (QED) is 0.840. The van der Waals surface area contributed by atoms with Crippen molar-refractivity contribution >= 4 is 23.2 Å². The number of benzene rings is 1. The van der Waals surface area contributed by atoms with Crippen molar-refractivity contribution in [3.8, 4) is 5.75 Å². The Morgan fingerprint density at radius 3 is 2.85 bits per heavy atom. The lowest BCUT2D eigenvalue weighted by Gasteiger charge is -2.25. The topological polar surface area (TPSA) is 35.5 Å². The van der Waals surface area contributed by atoms with Gasteiger partial charge in [0, 0.05) is 29.7 Å². The van der Waals surface area contributed by atoms with Gasteiger partial charge in [0.15, 0.2) is 0 Å². The van der Waals surface area contributed by atoms with Crippen LogP contribution in [0.25, 0.3) is 0 Å². The van der Waals surface area contributed by atoms with Crippen molar-refractivity contribution in [2.75, 3.05) is 19.6 Å². The fourth-order valence-corrected chi connectivity index (χ4v) is 3.29. The maximum atomic E-state index is 10.1. The largest absolute Gasteiger partial charge is 0.506 e. The minimum Gasteiger partial charge on any atom is -0.506 e. The highest BCUT2D eigenvalue weighted by Crippen LogP contribution is 2.32. The first kappa shape index (κ1) is 15.9. The van der Waals surface area contributed by atoms with E-state index in [2.05, 4.69) is 17.1 Å². The molecule has 0 amide bonds. The third-order valence-electron chi connectivity index (χ3n) is 3.68. The van der Waals surface area contributed by atoms with Crippen LogP contribution in [-0.4, -0.2) is 35.7 Å². The van der Waals surface area contributed by atoms with Crippen LogP contribution in [0.1, 0.15) is 31.7 Å². The Hall–Kier alpha value is -0.480. The highest BCUT2D eigenvalue weighted by atomic mass is 35.5. The number of rotatable bonds is 6. The van der Waals surface area contributed by atoms with Crippen LogP contribution < -0.4 is 5.32 Å². The predicted molar refractivity (Wildman–Crippen MR) is 84.7 cm³/mol. The SMILES string of the molecule is CCCN(Cc1cc(Cl)cc(Cl)c1O)CC1CCCN1. The number of nitrogens with one attached hydrogen (secondary N) is 1. The molecule has 3 nitrogen and oxygen atoms in total. The lowest BCUT2D eigenvalue weighted by molar-refractivity contribution is 0.239. The molecule has 0 spiro atoms. The molecule has 1 aliphatic rings. The molecule has 1 unspecified atom stereocenters. The van der Waals surface area contributed by atoms with Gasteiger partial charge in [-0.05, 0) is 44.5 Å². The van der Waals surface area contributed by atoms with Gasteiger partial charge in [-0.15, -0.1) is 0 Å². The first-order valence-corrected chi connectivity index (χ1v) is 7.98. The minimum atomic E-state index is 0.150. The molecule has 2 rings (SSSR count). The van der Waals surface area contributed by atoms with E-state index in [9.17, 15) is 5.11 Å². The van der Waals surface area contributed by atoms with E-state index in [1.807, 2.05) is 0 Å². The van der Waals surface area contributed by atoms with Crippen molar-refractivity contribution in [2.45, 2.75) is 38.8 Å². The molecule has 1 aromatic carbocycles. The first-order chi connectivity index (χ1) is 9.60. The molecule has 0 bridgehead atoms. The van der Waals surface area contributed by atoms with E-state index in [-0.39, 0.29) is 5.75 Å². The number of nitrogens with zero attached hydrogens (tertiary/aromatic N) is 1. The number of aromatic hydroxyl groups is 1. The van der Waals surface area contributed by atoms with Crippen LogP contribution in [0.3, 0.4) is 0 Å². The Labute approximate surface area is 130 Å². The third-order valence-corrected chi connectivity index (χ3v) is 4.19. The van der Waals surface area contributed by atoms with Crippen molar-refractivity contribution < 1.29 is 5.11 Å². The normalized spacial score (nSPS) is 18.9. The number of halogens is 2. The van der Waals surface area contributed by atoms with Crippen LogP contribution in [0.5, 0.6) is 5.75 Å². The molecule has 5 heteroatoms. The molecule has 112 valence electrons. The standard InChI is InChI=1S/C15H22Cl2N2O/c1-2-6-19(10-13-4-3-5-18-13)9-11-7-12(16)8-14(17)15(11)20/h7-8,13,18,20H,2-6,9-10H2,1H3. The van der Waals surface area contributed by atoms with E-state index in [0.717, 1.165) is 31.6 Å². The van der Waals surface area contributed by atoms with E-state index in [4.69, 9.17) is 23.2 Å². The smallest absolute Gasteiger partial charge is 0.138 e. The summed E-state index contributed by atoms with van der Waals surface area (Å²) in [6, 6.07) is 3.93. The average molecular weight is 317 g/mol. The summed E-state index contributed by atoms with van der Waals surface area (Å²) in [6.45, 7) is 5.95. The Morgan fingerprint density at radius 2 is 2.20 bits per heavy atom. The van der Waals surface area contributed by atoms with Crippen LogP contribution in [0.2, 0.25) is 10.0 Å². The van der Waals surface area contributed by atoms with Crippen LogP contribution in [0.15, 0.2) is 12.1 Å². The highest BCUT2D eigenvalue weighted by molar-refractivity contribution is 6.35. The summed E-state index contributed by atoms with van der Waals surface area (Å²) >= 11 is 12.0. The Bertz CT molecular complexity index is 448. The van der Waals surface area contributed by atoms with Crippen LogP contribution >= 0.6 is 23.2 Å². The number of hydrogen-bond donors (Lipinski definition) is 2. The van der Waals surface area contributed by atoms with Gasteiger partial charge in [-0.1, -0.05) is 30.1 Å². The summed E-state index contributed by atoms with van der Waals surface area (Å²) in [4.78, 5) is 2.35. The van der Waals surface area contributed by atoms with Crippen molar-refractivity contribution in [1.29, 1.82) is 0 Å². The Kier molecular flexibility index (Phi) is 5.97. The first-order valence-electron chi connectivity index (χ1n) is 7.22. The number of phenols is 1. The van der Waals surface area contributed by atoms with E-state index < -0.39 is 0 Å². The number of phenolic OH excluding ortho intramolecular Hbond substituents is 1. The van der Waals surface area contributed by atoms with E-state index in [1.54, 1.807) is 12.1 Å². The van der Waals surface area contributed by atoms with Gasteiger partial charge in [-0.3, -0.25) is 4.90 Å². The molecule has 1 fully saturated rings. The third kappa shape index (κ3) is 4.26. The van der Waals surface area contributed by atoms with Gasteiger partial charge < -0.3 is 10.4 Å². The lowest BCUT2D eigenvalue weighted by Crippen LogP contribution is -2.37. The van der Waals surface area contributed by atoms with Crippen molar-refractivity contribution in [3.05, 3.63) is 27.7 Å². The lowest BCUT2D eigenvalue weighted by atomic mass is 10.1. The molecule has 1 aliphatic heterocycles. The second kappa shape index (κ2) is 7.51.